The Hall–Kier alpha value is -2.86. The molecule has 1 aliphatic rings. The van der Waals surface area contributed by atoms with Gasteiger partial charge in [0.15, 0.2) is 5.16 Å². The Labute approximate surface area is 182 Å². The molecule has 0 saturated carbocycles. The molecule has 0 atom stereocenters. The summed E-state index contributed by atoms with van der Waals surface area (Å²) in [6, 6.07) is 4.66. The third-order valence-corrected chi connectivity index (χ3v) is 6.07. The lowest BCUT2D eigenvalue weighted by Gasteiger charge is -2.23. The number of rotatable bonds is 4. The van der Waals surface area contributed by atoms with Crippen LogP contribution in [0.25, 0.3) is 10.2 Å². The van der Waals surface area contributed by atoms with Gasteiger partial charge in [0, 0.05) is 5.69 Å². The number of thiophene rings is 1. The Morgan fingerprint density at radius 1 is 1.35 bits per heavy atom. The lowest BCUT2D eigenvalue weighted by Crippen LogP contribution is -2.29. The van der Waals surface area contributed by atoms with Crippen molar-refractivity contribution in [3.8, 4) is 0 Å². The Kier molecular flexibility index (Phi) is 5.52. The van der Waals surface area contributed by atoms with Crippen molar-refractivity contribution in [3.63, 3.8) is 0 Å². The van der Waals surface area contributed by atoms with E-state index in [1.54, 1.807) is 13.2 Å². The first-order valence-corrected chi connectivity index (χ1v) is 11.1. The maximum absolute atomic E-state index is 13.3. The molecule has 0 unspecified atom stereocenters. The lowest BCUT2D eigenvalue weighted by atomic mass is 10.1. The molecule has 1 amide bonds. The fourth-order valence-corrected chi connectivity index (χ4v) is 4.61. The molecule has 7 nitrogen and oxygen atoms in total. The highest BCUT2D eigenvalue weighted by molar-refractivity contribution is 7.98. The first-order chi connectivity index (χ1) is 14.7. The zero-order valence-electron chi connectivity index (χ0n) is 16.2. The molecule has 0 fully saturated rings. The standard InChI is InChI=1S/C19H15F3N4O3S2/c1-3-29-17(28)14-13-12-15(24-18(30-2)25-16(12)31-14)26(8-11(27)23-13)10-6-4-5-9(7-10)19(20,21)22/h4-7H,3,8H2,1-2H3,(H,23,27). The number of carbonyl (C=O) groups excluding carboxylic acids is 2. The van der Waals surface area contributed by atoms with Gasteiger partial charge in [-0.05, 0) is 31.4 Å². The normalized spacial score (nSPS) is 13.8. The van der Waals surface area contributed by atoms with E-state index >= 15 is 0 Å². The van der Waals surface area contributed by atoms with E-state index in [9.17, 15) is 22.8 Å². The van der Waals surface area contributed by atoms with Crippen molar-refractivity contribution >= 4 is 62.4 Å². The molecule has 0 bridgehead atoms. The van der Waals surface area contributed by atoms with Crippen LogP contribution in [-0.2, 0) is 15.7 Å². The average molecular weight is 468 g/mol. The molecule has 4 rings (SSSR count). The van der Waals surface area contributed by atoms with Crippen LogP contribution in [0.5, 0.6) is 0 Å². The number of nitrogens with one attached hydrogen (secondary N) is 1. The molecule has 0 radical (unpaired) electrons. The van der Waals surface area contributed by atoms with Gasteiger partial charge < -0.3 is 15.0 Å². The van der Waals surface area contributed by atoms with E-state index < -0.39 is 23.6 Å². The molecule has 0 saturated heterocycles. The van der Waals surface area contributed by atoms with Gasteiger partial charge in [-0.1, -0.05) is 17.8 Å². The SMILES string of the molecule is CCOC(=O)c1sc2nc(SC)nc3c2c1NC(=O)CN3c1cccc(C(F)(F)F)c1. The van der Waals surface area contributed by atoms with Crippen molar-refractivity contribution in [1.29, 1.82) is 0 Å². The van der Waals surface area contributed by atoms with E-state index in [4.69, 9.17) is 4.74 Å². The molecule has 2 aromatic heterocycles. The summed E-state index contributed by atoms with van der Waals surface area (Å²) in [5.74, 6) is -0.884. The van der Waals surface area contributed by atoms with Gasteiger partial charge in [0.1, 0.15) is 22.1 Å². The summed E-state index contributed by atoms with van der Waals surface area (Å²) >= 11 is 2.28. The number of thioether (sulfide) groups is 1. The van der Waals surface area contributed by atoms with Crippen LogP contribution in [0.4, 0.5) is 30.4 Å². The van der Waals surface area contributed by atoms with Crippen LogP contribution in [-0.4, -0.2) is 41.3 Å². The smallest absolute Gasteiger partial charge is 0.416 e. The molecule has 162 valence electrons. The van der Waals surface area contributed by atoms with Crippen molar-refractivity contribution < 1.29 is 27.5 Å². The summed E-state index contributed by atoms with van der Waals surface area (Å²) in [6.45, 7) is 1.52. The highest BCUT2D eigenvalue weighted by Gasteiger charge is 2.34. The van der Waals surface area contributed by atoms with Gasteiger partial charge in [-0.2, -0.15) is 13.2 Å². The van der Waals surface area contributed by atoms with E-state index in [1.165, 1.54) is 28.8 Å². The Morgan fingerprint density at radius 3 is 2.81 bits per heavy atom. The number of anilines is 3. The first kappa shape index (κ1) is 21.4. The van der Waals surface area contributed by atoms with E-state index in [1.807, 2.05) is 0 Å². The Balaban J connectivity index is 1.97. The van der Waals surface area contributed by atoms with Crippen LogP contribution in [0.2, 0.25) is 0 Å². The number of benzene rings is 1. The van der Waals surface area contributed by atoms with Gasteiger partial charge in [-0.3, -0.25) is 4.79 Å². The van der Waals surface area contributed by atoms with E-state index in [0.717, 1.165) is 23.5 Å². The number of hydrogen-bond donors (Lipinski definition) is 1. The summed E-state index contributed by atoms with van der Waals surface area (Å²) in [6.07, 6.45) is -2.79. The largest absolute Gasteiger partial charge is 0.462 e. The van der Waals surface area contributed by atoms with Crippen molar-refractivity contribution in [2.75, 3.05) is 29.6 Å². The van der Waals surface area contributed by atoms with Crippen LogP contribution < -0.4 is 10.2 Å². The van der Waals surface area contributed by atoms with Gasteiger partial charge in [0.05, 0.1) is 23.2 Å². The average Bonchev–Trinajstić information content (AvgIpc) is 3.01. The summed E-state index contributed by atoms with van der Waals surface area (Å²) in [5, 5.41) is 3.42. The monoisotopic (exact) mass is 468 g/mol. The number of esters is 1. The second kappa shape index (κ2) is 8.00. The summed E-state index contributed by atoms with van der Waals surface area (Å²) < 4.78 is 44.9. The molecule has 31 heavy (non-hydrogen) atoms. The van der Waals surface area contributed by atoms with Crippen molar-refractivity contribution in [3.05, 3.63) is 34.7 Å². The number of carbonyl (C=O) groups is 2. The molecule has 0 aliphatic carbocycles. The fourth-order valence-electron chi connectivity index (χ4n) is 3.17. The number of ether oxygens (including phenoxy) is 1. The predicted octanol–water partition coefficient (Wildman–Crippen LogP) is 4.70. The summed E-state index contributed by atoms with van der Waals surface area (Å²) in [4.78, 5) is 36.0. The molecule has 1 aromatic carbocycles. The summed E-state index contributed by atoms with van der Waals surface area (Å²) in [7, 11) is 0. The zero-order valence-corrected chi connectivity index (χ0v) is 17.9. The minimum atomic E-state index is -4.54. The number of amides is 1. The predicted molar refractivity (Wildman–Crippen MR) is 112 cm³/mol. The maximum atomic E-state index is 13.3. The quantitative estimate of drug-likeness (QED) is 0.338. The third-order valence-electron chi connectivity index (χ3n) is 4.46. The van der Waals surface area contributed by atoms with E-state index in [0.29, 0.717) is 15.4 Å². The molecule has 1 N–H and O–H groups in total. The number of halogens is 3. The Bertz CT molecular complexity index is 1200. The van der Waals surface area contributed by atoms with Crippen LogP contribution in [0.1, 0.15) is 22.2 Å². The number of hydrogen-bond acceptors (Lipinski definition) is 8. The van der Waals surface area contributed by atoms with Crippen LogP contribution in [0, 0.1) is 0 Å². The molecular formula is C19H15F3N4O3S2. The van der Waals surface area contributed by atoms with Crippen LogP contribution in [0.15, 0.2) is 29.4 Å². The first-order valence-electron chi connectivity index (χ1n) is 9.03. The highest BCUT2D eigenvalue weighted by atomic mass is 32.2. The lowest BCUT2D eigenvalue weighted by molar-refractivity contribution is -0.137. The molecule has 12 heteroatoms. The minimum Gasteiger partial charge on any atom is -0.462 e. The van der Waals surface area contributed by atoms with Gasteiger partial charge >= 0.3 is 12.1 Å². The second-order valence-corrected chi connectivity index (χ2v) is 8.20. The van der Waals surface area contributed by atoms with Gasteiger partial charge in [-0.25, -0.2) is 14.8 Å². The van der Waals surface area contributed by atoms with Gasteiger partial charge in [0.2, 0.25) is 5.91 Å². The molecule has 1 aliphatic heterocycles. The van der Waals surface area contributed by atoms with Crippen LogP contribution >= 0.6 is 23.1 Å². The zero-order chi connectivity index (χ0) is 22.3. The van der Waals surface area contributed by atoms with Gasteiger partial charge in [0.25, 0.3) is 0 Å². The molecule has 0 spiro atoms. The highest BCUT2D eigenvalue weighted by Crippen LogP contribution is 2.44. The maximum Gasteiger partial charge on any atom is 0.416 e. The molecule has 3 heterocycles. The summed E-state index contributed by atoms with van der Waals surface area (Å²) in [5.41, 5.74) is -0.489. The van der Waals surface area contributed by atoms with Crippen molar-refractivity contribution in [2.24, 2.45) is 0 Å². The topological polar surface area (TPSA) is 84.4 Å². The van der Waals surface area contributed by atoms with Crippen LogP contribution in [0.3, 0.4) is 0 Å². The second-order valence-electron chi connectivity index (χ2n) is 6.42. The number of aromatic nitrogens is 2. The van der Waals surface area contributed by atoms with E-state index in [-0.39, 0.29) is 35.2 Å². The third kappa shape index (κ3) is 3.92. The van der Waals surface area contributed by atoms with Gasteiger partial charge in [-0.15, -0.1) is 11.3 Å². The van der Waals surface area contributed by atoms with Crippen molar-refractivity contribution in [1.82, 2.24) is 9.97 Å². The molecular weight excluding hydrogens is 453 g/mol. The van der Waals surface area contributed by atoms with E-state index in [2.05, 4.69) is 15.3 Å². The fraction of sp³-hybridized carbons (Fsp3) is 0.263. The van der Waals surface area contributed by atoms with Crippen molar-refractivity contribution in [2.45, 2.75) is 18.3 Å². The minimum absolute atomic E-state index is 0.144. The number of nitrogens with zero attached hydrogens (tertiary/aromatic N) is 3. The number of alkyl halides is 3. The molecule has 3 aromatic rings. The Morgan fingerprint density at radius 2 is 2.13 bits per heavy atom.